The maximum atomic E-state index is 12.4. The second-order valence-corrected chi connectivity index (χ2v) is 9.08. The van der Waals surface area contributed by atoms with Crippen molar-refractivity contribution in [3.8, 4) is 0 Å². The van der Waals surface area contributed by atoms with Gasteiger partial charge in [0.15, 0.2) is 0 Å². The molecule has 3 atom stereocenters. The summed E-state index contributed by atoms with van der Waals surface area (Å²) in [6.45, 7) is 7.71. The molecule has 2 aliphatic heterocycles. The Kier molecular flexibility index (Phi) is 5.50. The molecule has 0 aromatic heterocycles. The van der Waals surface area contributed by atoms with Crippen molar-refractivity contribution in [2.75, 3.05) is 19.6 Å². The third kappa shape index (κ3) is 3.83. The van der Waals surface area contributed by atoms with Gasteiger partial charge in [0, 0.05) is 37.6 Å². The Hall–Kier alpha value is -1.66. The normalized spacial score (nSPS) is 26.3. The molecule has 0 aliphatic carbocycles. The van der Waals surface area contributed by atoms with Gasteiger partial charge in [0.1, 0.15) is 0 Å². The summed E-state index contributed by atoms with van der Waals surface area (Å²) in [7, 11) is 0. The summed E-state index contributed by atoms with van der Waals surface area (Å²) in [5, 5.41) is 13.6. The lowest BCUT2D eigenvalue weighted by atomic mass is 9.69. The summed E-state index contributed by atoms with van der Waals surface area (Å²) in [5.74, 6) is -0.200. The van der Waals surface area contributed by atoms with Crippen molar-refractivity contribution in [3.63, 3.8) is 0 Å². The number of carboxylic acid groups (broad SMARTS) is 1. The average Bonchev–Trinajstić information content (AvgIpc) is 3.01. The van der Waals surface area contributed by atoms with E-state index in [2.05, 4.69) is 5.32 Å². The highest BCUT2D eigenvalue weighted by atomic mass is 35.5. The van der Waals surface area contributed by atoms with Gasteiger partial charge < -0.3 is 20.2 Å². The monoisotopic (exact) mass is 413 g/mol. The van der Waals surface area contributed by atoms with E-state index in [1.807, 2.05) is 31.7 Å². The van der Waals surface area contributed by atoms with Crippen molar-refractivity contribution in [1.29, 1.82) is 0 Å². The zero-order valence-electron chi connectivity index (χ0n) is 15.7. The maximum absolute atomic E-state index is 12.4. The van der Waals surface area contributed by atoms with Crippen LogP contribution >= 0.6 is 23.2 Å². The first-order chi connectivity index (χ1) is 12.6. The van der Waals surface area contributed by atoms with E-state index in [0.717, 1.165) is 5.56 Å². The molecule has 2 heterocycles. The molecular weight excluding hydrogens is 389 g/mol. The zero-order chi connectivity index (χ0) is 19.9. The van der Waals surface area contributed by atoms with Gasteiger partial charge in [0.2, 0.25) is 0 Å². The first-order valence-corrected chi connectivity index (χ1v) is 9.86. The molecule has 148 valence electrons. The van der Waals surface area contributed by atoms with Crippen LogP contribution in [-0.2, 0) is 0 Å². The Morgan fingerprint density at radius 3 is 2.44 bits per heavy atom. The number of rotatable bonds is 2. The summed E-state index contributed by atoms with van der Waals surface area (Å²) >= 11 is 12.4. The number of halogens is 2. The van der Waals surface area contributed by atoms with Crippen LogP contribution in [0.4, 0.5) is 9.59 Å². The van der Waals surface area contributed by atoms with E-state index in [-0.39, 0.29) is 29.4 Å². The highest BCUT2D eigenvalue weighted by Gasteiger charge is 2.49. The van der Waals surface area contributed by atoms with Crippen molar-refractivity contribution < 1.29 is 14.7 Å². The van der Waals surface area contributed by atoms with Crippen LogP contribution in [0.3, 0.4) is 0 Å². The quantitative estimate of drug-likeness (QED) is 0.759. The van der Waals surface area contributed by atoms with Gasteiger partial charge in [-0.3, -0.25) is 0 Å². The smallest absolute Gasteiger partial charge is 0.407 e. The van der Waals surface area contributed by atoms with E-state index < -0.39 is 6.09 Å². The van der Waals surface area contributed by atoms with Crippen LogP contribution in [-0.4, -0.2) is 58.7 Å². The SMILES string of the molecule is CC(C)(C)C1[C@H](c2ccc(Cl)c(Cl)c2)[C@H](N2CCNC2=O)CCN1C(=O)O. The van der Waals surface area contributed by atoms with Crippen molar-refractivity contribution in [2.24, 2.45) is 5.41 Å². The number of amides is 3. The van der Waals surface area contributed by atoms with Gasteiger partial charge in [0.25, 0.3) is 0 Å². The molecule has 0 spiro atoms. The third-order valence-electron chi connectivity index (χ3n) is 5.51. The molecule has 1 unspecified atom stereocenters. The van der Waals surface area contributed by atoms with E-state index in [9.17, 15) is 14.7 Å². The molecule has 0 radical (unpaired) electrons. The van der Waals surface area contributed by atoms with Crippen LogP contribution < -0.4 is 5.32 Å². The Morgan fingerprint density at radius 1 is 1.22 bits per heavy atom. The molecule has 6 nitrogen and oxygen atoms in total. The Balaban J connectivity index is 2.12. The summed E-state index contributed by atoms with van der Waals surface area (Å²) < 4.78 is 0. The van der Waals surface area contributed by atoms with Crippen LogP contribution in [0.2, 0.25) is 10.0 Å². The van der Waals surface area contributed by atoms with Crippen molar-refractivity contribution >= 4 is 35.3 Å². The second kappa shape index (κ2) is 7.40. The molecule has 0 saturated carbocycles. The predicted octanol–water partition coefficient (Wildman–Crippen LogP) is 4.27. The second-order valence-electron chi connectivity index (χ2n) is 8.27. The van der Waals surface area contributed by atoms with Crippen molar-refractivity contribution in [1.82, 2.24) is 15.1 Å². The highest BCUT2D eigenvalue weighted by molar-refractivity contribution is 6.42. The lowest BCUT2D eigenvalue weighted by Gasteiger charge is -2.52. The number of nitrogens with one attached hydrogen (secondary N) is 1. The number of benzene rings is 1. The van der Waals surface area contributed by atoms with Crippen LogP contribution in [0.1, 0.15) is 38.7 Å². The summed E-state index contributed by atoms with van der Waals surface area (Å²) in [5.41, 5.74) is 0.573. The molecule has 2 saturated heterocycles. The van der Waals surface area contributed by atoms with E-state index in [4.69, 9.17) is 23.2 Å². The van der Waals surface area contributed by atoms with Gasteiger partial charge in [0.05, 0.1) is 10.0 Å². The molecule has 2 fully saturated rings. The van der Waals surface area contributed by atoms with Crippen LogP contribution in [0.25, 0.3) is 0 Å². The molecule has 1 aromatic rings. The number of urea groups is 1. The number of carbonyl (C=O) groups is 2. The first kappa shape index (κ1) is 20.1. The van der Waals surface area contributed by atoms with E-state index in [0.29, 0.717) is 36.1 Å². The molecule has 27 heavy (non-hydrogen) atoms. The Bertz CT molecular complexity index is 750. The fourth-order valence-corrected chi connectivity index (χ4v) is 4.80. The molecule has 2 N–H and O–H groups in total. The topological polar surface area (TPSA) is 72.9 Å². The van der Waals surface area contributed by atoms with Gasteiger partial charge in [-0.25, -0.2) is 9.59 Å². The summed E-state index contributed by atoms with van der Waals surface area (Å²) in [6.07, 6.45) is -0.360. The third-order valence-corrected chi connectivity index (χ3v) is 6.25. The number of carbonyl (C=O) groups excluding carboxylic acids is 1. The lowest BCUT2D eigenvalue weighted by molar-refractivity contribution is 0.0145. The number of likely N-dealkylation sites (tertiary alicyclic amines) is 1. The number of nitrogens with zero attached hydrogens (tertiary/aromatic N) is 2. The molecule has 3 amide bonds. The van der Waals surface area contributed by atoms with Gasteiger partial charge in [-0.1, -0.05) is 50.0 Å². The van der Waals surface area contributed by atoms with Crippen LogP contribution in [0.15, 0.2) is 18.2 Å². The van der Waals surface area contributed by atoms with Gasteiger partial charge in [-0.2, -0.15) is 0 Å². The van der Waals surface area contributed by atoms with Crippen LogP contribution in [0.5, 0.6) is 0 Å². The molecule has 1 aromatic carbocycles. The fraction of sp³-hybridized carbons (Fsp3) is 0.579. The van der Waals surface area contributed by atoms with E-state index >= 15 is 0 Å². The minimum atomic E-state index is -0.940. The standard InChI is InChI=1S/C19H25Cl2N3O3/c1-19(2,3)16-15(11-4-5-12(20)13(21)10-11)14(6-8-24(16)18(26)27)23-9-7-22-17(23)25/h4-5,10,14-16H,6-9H2,1-3H3,(H,22,25)(H,26,27)/t14-,15-,16?/m1/s1. The summed E-state index contributed by atoms with van der Waals surface area (Å²) in [4.78, 5) is 27.7. The lowest BCUT2D eigenvalue weighted by Crippen LogP contribution is -2.61. The minimum Gasteiger partial charge on any atom is -0.465 e. The minimum absolute atomic E-state index is 0.0958. The van der Waals surface area contributed by atoms with Gasteiger partial charge >= 0.3 is 12.1 Å². The van der Waals surface area contributed by atoms with E-state index in [1.54, 1.807) is 12.1 Å². The molecule has 8 heteroatoms. The largest absolute Gasteiger partial charge is 0.465 e. The number of hydrogen-bond donors (Lipinski definition) is 2. The molecular formula is C19H25Cl2N3O3. The van der Waals surface area contributed by atoms with Gasteiger partial charge in [-0.05, 0) is 29.5 Å². The predicted molar refractivity (Wildman–Crippen MR) is 106 cm³/mol. The van der Waals surface area contributed by atoms with Crippen LogP contribution in [0, 0.1) is 5.41 Å². The Morgan fingerprint density at radius 2 is 1.93 bits per heavy atom. The van der Waals surface area contributed by atoms with Crippen molar-refractivity contribution in [3.05, 3.63) is 33.8 Å². The van der Waals surface area contributed by atoms with Gasteiger partial charge in [-0.15, -0.1) is 0 Å². The zero-order valence-corrected chi connectivity index (χ0v) is 17.2. The highest BCUT2D eigenvalue weighted by Crippen LogP contribution is 2.44. The number of hydrogen-bond acceptors (Lipinski definition) is 2. The first-order valence-electron chi connectivity index (χ1n) is 9.10. The molecule has 0 bridgehead atoms. The Labute approximate surface area is 169 Å². The molecule has 2 aliphatic rings. The average molecular weight is 414 g/mol. The summed E-state index contributed by atoms with van der Waals surface area (Å²) in [6, 6.07) is 4.93. The van der Waals surface area contributed by atoms with E-state index in [1.165, 1.54) is 4.90 Å². The maximum Gasteiger partial charge on any atom is 0.407 e. The molecule has 3 rings (SSSR count). The fourth-order valence-electron chi connectivity index (χ4n) is 4.49. The number of piperidine rings is 1. The van der Waals surface area contributed by atoms with Crippen molar-refractivity contribution in [2.45, 2.75) is 45.2 Å².